The molecule has 0 aliphatic carbocycles. The summed E-state index contributed by atoms with van der Waals surface area (Å²) in [5.74, 6) is -1.37. The molecule has 1 rings (SSSR count). The SMILES string of the molecule is CN(C)CCN(C(=O)C(=O)NCCCCCO)C1CCS(=O)(=O)C1. The summed E-state index contributed by atoms with van der Waals surface area (Å²) in [6.07, 6.45) is 2.51. The zero-order chi connectivity index (χ0) is 18.2. The third-order valence-electron chi connectivity index (χ3n) is 4.01. The summed E-state index contributed by atoms with van der Waals surface area (Å²) in [4.78, 5) is 27.8. The molecule has 9 heteroatoms. The van der Waals surface area contributed by atoms with Crippen molar-refractivity contribution < 1.29 is 23.1 Å². The minimum absolute atomic E-state index is 0.0617. The molecule has 1 unspecified atom stereocenters. The predicted octanol–water partition coefficient (Wildman–Crippen LogP) is -1.16. The van der Waals surface area contributed by atoms with E-state index in [1.54, 1.807) is 0 Å². The molecule has 1 fully saturated rings. The van der Waals surface area contributed by atoms with Crippen LogP contribution in [-0.4, -0.2) is 93.0 Å². The van der Waals surface area contributed by atoms with Crippen LogP contribution in [0.5, 0.6) is 0 Å². The Hall–Kier alpha value is -1.19. The van der Waals surface area contributed by atoms with Gasteiger partial charge < -0.3 is 20.2 Å². The van der Waals surface area contributed by atoms with Crippen LogP contribution in [0.15, 0.2) is 0 Å². The summed E-state index contributed by atoms with van der Waals surface area (Å²) in [6, 6.07) is -0.428. The van der Waals surface area contributed by atoms with E-state index in [4.69, 9.17) is 5.11 Å². The van der Waals surface area contributed by atoms with Crippen LogP contribution in [-0.2, 0) is 19.4 Å². The van der Waals surface area contributed by atoms with Gasteiger partial charge in [-0.25, -0.2) is 8.42 Å². The number of nitrogens with zero attached hydrogens (tertiary/aromatic N) is 2. The van der Waals surface area contributed by atoms with Crippen molar-refractivity contribution in [3.05, 3.63) is 0 Å². The van der Waals surface area contributed by atoms with Crippen LogP contribution in [0.4, 0.5) is 0 Å². The highest BCUT2D eigenvalue weighted by atomic mass is 32.2. The Kier molecular flexibility index (Phi) is 8.65. The number of nitrogens with one attached hydrogen (secondary N) is 1. The first-order valence-corrected chi connectivity index (χ1v) is 10.1. The number of carbonyl (C=O) groups is 2. The number of aliphatic hydroxyl groups excluding tert-OH is 1. The average Bonchev–Trinajstić information content (AvgIpc) is 2.86. The summed E-state index contributed by atoms with van der Waals surface area (Å²) < 4.78 is 23.4. The topological polar surface area (TPSA) is 107 Å². The molecule has 2 N–H and O–H groups in total. The van der Waals surface area contributed by atoms with Crippen LogP contribution in [0, 0.1) is 0 Å². The van der Waals surface area contributed by atoms with Crippen molar-refractivity contribution in [3.8, 4) is 0 Å². The van der Waals surface area contributed by atoms with Crippen molar-refractivity contribution in [2.75, 3.05) is 51.8 Å². The van der Waals surface area contributed by atoms with Crippen LogP contribution in [0.1, 0.15) is 25.7 Å². The van der Waals surface area contributed by atoms with E-state index < -0.39 is 27.7 Å². The molecule has 1 atom stereocenters. The molecule has 0 saturated carbocycles. The van der Waals surface area contributed by atoms with Gasteiger partial charge in [0.15, 0.2) is 9.84 Å². The monoisotopic (exact) mass is 363 g/mol. The fourth-order valence-corrected chi connectivity index (χ4v) is 4.33. The van der Waals surface area contributed by atoms with Crippen LogP contribution in [0.3, 0.4) is 0 Å². The lowest BCUT2D eigenvalue weighted by molar-refractivity contribution is -0.147. The van der Waals surface area contributed by atoms with E-state index in [9.17, 15) is 18.0 Å². The van der Waals surface area contributed by atoms with Gasteiger partial charge in [0.1, 0.15) is 0 Å². The highest BCUT2D eigenvalue weighted by Crippen LogP contribution is 2.18. The molecule has 1 heterocycles. The van der Waals surface area contributed by atoms with Gasteiger partial charge in [0, 0.05) is 32.3 Å². The molecule has 0 radical (unpaired) electrons. The van der Waals surface area contributed by atoms with Gasteiger partial charge in [0.2, 0.25) is 0 Å². The van der Waals surface area contributed by atoms with Crippen molar-refractivity contribution in [1.82, 2.24) is 15.1 Å². The Labute approximate surface area is 144 Å². The van der Waals surface area contributed by atoms with Crippen LogP contribution < -0.4 is 5.32 Å². The first-order chi connectivity index (χ1) is 11.3. The molecule has 0 aromatic carbocycles. The Morgan fingerprint density at radius 1 is 1.17 bits per heavy atom. The first-order valence-electron chi connectivity index (χ1n) is 8.31. The first kappa shape index (κ1) is 20.9. The van der Waals surface area contributed by atoms with Crippen LogP contribution in [0.25, 0.3) is 0 Å². The number of unbranched alkanes of at least 4 members (excludes halogenated alkanes) is 2. The lowest BCUT2D eigenvalue weighted by atomic mass is 10.2. The number of likely N-dealkylation sites (N-methyl/N-ethyl adjacent to an activating group) is 1. The van der Waals surface area contributed by atoms with Crippen molar-refractivity contribution in [3.63, 3.8) is 0 Å². The number of hydrogen-bond donors (Lipinski definition) is 2. The molecule has 1 aliphatic heterocycles. The molecule has 1 saturated heterocycles. The Morgan fingerprint density at radius 2 is 1.88 bits per heavy atom. The second-order valence-corrected chi connectivity index (χ2v) is 8.63. The second-order valence-electron chi connectivity index (χ2n) is 6.40. The zero-order valence-corrected chi connectivity index (χ0v) is 15.3. The molecule has 1 aliphatic rings. The van der Waals surface area contributed by atoms with E-state index in [1.165, 1.54) is 4.90 Å². The van der Waals surface area contributed by atoms with Gasteiger partial charge in [-0.1, -0.05) is 0 Å². The molecule has 140 valence electrons. The molecule has 0 aromatic rings. The maximum absolute atomic E-state index is 12.4. The normalized spacial score (nSPS) is 19.4. The molecule has 2 amide bonds. The van der Waals surface area contributed by atoms with Crippen molar-refractivity contribution in [2.45, 2.75) is 31.7 Å². The number of amides is 2. The van der Waals surface area contributed by atoms with E-state index in [1.807, 2.05) is 19.0 Å². The number of carbonyl (C=O) groups excluding carboxylic acids is 2. The molecule has 8 nitrogen and oxygen atoms in total. The highest BCUT2D eigenvalue weighted by molar-refractivity contribution is 7.91. The Morgan fingerprint density at radius 3 is 2.42 bits per heavy atom. The quantitative estimate of drug-likeness (QED) is 0.395. The molecule has 24 heavy (non-hydrogen) atoms. The number of hydrogen-bond acceptors (Lipinski definition) is 6. The number of rotatable bonds is 9. The minimum Gasteiger partial charge on any atom is -0.396 e. The number of aliphatic hydroxyl groups is 1. The Bertz CT molecular complexity index is 521. The van der Waals surface area contributed by atoms with Gasteiger partial charge >= 0.3 is 11.8 Å². The van der Waals surface area contributed by atoms with E-state index in [0.29, 0.717) is 38.9 Å². The van der Waals surface area contributed by atoms with Crippen molar-refractivity contribution >= 4 is 21.7 Å². The lowest BCUT2D eigenvalue weighted by Gasteiger charge is -2.28. The minimum atomic E-state index is -3.13. The summed E-state index contributed by atoms with van der Waals surface area (Å²) in [5, 5.41) is 11.3. The Balaban J connectivity index is 2.61. The van der Waals surface area contributed by atoms with Gasteiger partial charge in [0.25, 0.3) is 0 Å². The summed E-state index contributed by atoms with van der Waals surface area (Å²) in [5.41, 5.74) is 0. The molecular formula is C15H29N3O5S. The fourth-order valence-electron chi connectivity index (χ4n) is 2.60. The third-order valence-corrected chi connectivity index (χ3v) is 5.76. The van der Waals surface area contributed by atoms with Crippen LogP contribution in [0.2, 0.25) is 0 Å². The maximum atomic E-state index is 12.4. The van der Waals surface area contributed by atoms with Crippen molar-refractivity contribution in [1.29, 1.82) is 0 Å². The van der Waals surface area contributed by atoms with Gasteiger partial charge in [-0.05, 0) is 39.8 Å². The largest absolute Gasteiger partial charge is 0.396 e. The van der Waals surface area contributed by atoms with E-state index in [-0.39, 0.29) is 18.1 Å². The predicted molar refractivity (Wildman–Crippen MR) is 91.3 cm³/mol. The summed E-state index contributed by atoms with van der Waals surface area (Å²) >= 11 is 0. The van der Waals surface area contributed by atoms with Gasteiger partial charge in [-0.2, -0.15) is 0 Å². The van der Waals surface area contributed by atoms with E-state index in [2.05, 4.69) is 5.32 Å². The maximum Gasteiger partial charge on any atom is 0.312 e. The van der Waals surface area contributed by atoms with Crippen LogP contribution >= 0.6 is 0 Å². The smallest absolute Gasteiger partial charge is 0.312 e. The van der Waals surface area contributed by atoms with Gasteiger partial charge in [-0.3, -0.25) is 9.59 Å². The lowest BCUT2D eigenvalue weighted by Crippen LogP contribution is -2.50. The number of sulfone groups is 1. The summed E-state index contributed by atoms with van der Waals surface area (Å²) in [7, 11) is 0.584. The van der Waals surface area contributed by atoms with Gasteiger partial charge in [-0.15, -0.1) is 0 Å². The molecule has 0 bridgehead atoms. The third kappa shape index (κ3) is 7.14. The second kappa shape index (κ2) is 9.95. The molecular weight excluding hydrogens is 334 g/mol. The fraction of sp³-hybridized carbons (Fsp3) is 0.867. The highest BCUT2D eigenvalue weighted by Gasteiger charge is 2.36. The molecule has 0 spiro atoms. The average molecular weight is 363 g/mol. The standard InChI is InChI=1S/C15H29N3O5S/c1-17(2)8-9-18(13-6-11-24(22,23)12-13)15(21)14(20)16-7-4-3-5-10-19/h13,19H,3-12H2,1-2H3,(H,16,20). The van der Waals surface area contributed by atoms with Crippen molar-refractivity contribution in [2.24, 2.45) is 0 Å². The van der Waals surface area contributed by atoms with Gasteiger partial charge in [0.05, 0.1) is 11.5 Å². The van der Waals surface area contributed by atoms with E-state index >= 15 is 0 Å². The summed E-state index contributed by atoms with van der Waals surface area (Å²) in [6.45, 7) is 1.37. The molecule has 0 aromatic heterocycles. The van der Waals surface area contributed by atoms with E-state index in [0.717, 1.165) is 6.42 Å². The zero-order valence-electron chi connectivity index (χ0n) is 14.5.